The molecule has 6 heteroatoms. The SMILES string of the molecule is CC(Nc1ccc(C(=O)NCc2ccccc2Cl)nn1)c1ccccc1. The van der Waals surface area contributed by atoms with Crippen LogP contribution in [-0.2, 0) is 6.54 Å². The van der Waals surface area contributed by atoms with Gasteiger partial charge >= 0.3 is 0 Å². The molecule has 26 heavy (non-hydrogen) atoms. The van der Waals surface area contributed by atoms with Crippen LogP contribution in [0.15, 0.2) is 66.7 Å². The molecule has 3 aromatic rings. The molecule has 1 amide bonds. The highest BCUT2D eigenvalue weighted by Crippen LogP contribution is 2.17. The van der Waals surface area contributed by atoms with Gasteiger partial charge in [-0.3, -0.25) is 4.79 Å². The van der Waals surface area contributed by atoms with Crippen LogP contribution < -0.4 is 10.6 Å². The van der Waals surface area contributed by atoms with Crippen molar-refractivity contribution < 1.29 is 4.79 Å². The molecular formula is C20H19ClN4O. The second-order valence-electron chi connectivity index (χ2n) is 5.85. The monoisotopic (exact) mass is 366 g/mol. The molecule has 0 saturated carbocycles. The minimum Gasteiger partial charge on any atom is -0.362 e. The molecule has 0 fully saturated rings. The lowest BCUT2D eigenvalue weighted by Gasteiger charge is -2.14. The summed E-state index contributed by atoms with van der Waals surface area (Å²) in [6.45, 7) is 2.38. The summed E-state index contributed by atoms with van der Waals surface area (Å²) in [7, 11) is 0. The topological polar surface area (TPSA) is 66.9 Å². The summed E-state index contributed by atoms with van der Waals surface area (Å²) in [6.07, 6.45) is 0. The van der Waals surface area contributed by atoms with Gasteiger partial charge in [0.2, 0.25) is 0 Å². The van der Waals surface area contributed by atoms with Crippen molar-refractivity contribution in [1.29, 1.82) is 0 Å². The van der Waals surface area contributed by atoms with Gasteiger partial charge in [-0.25, -0.2) is 0 Å². The van der Waals surface area contributed by atoms with Gasteiger partial charge in [-0.05, 0) is 36.2 Å². The highest BCUT2D eigenvalue weighted by atomic mass is 35.5. The molecule has 132 valence electrons. The fourth-order valence-corrected chi connectivity index (χ4v) is 2.69. The van der Waals surface area contributed by atoms with E-state index in [2.05, 4.69) is 20.8 Å². The van der Waals surface area contributed by atoms with E-state index in [1.807, 2.05) is 55.5 Å². The lowest BCUT2D eigenvalue weighted by molar-refractivity contribution is 0.0945. The first kappa shape index (κ1) is 17.9. The van der Waals surface area contributed by atoms with Crippen molar-refractivity contribution in [1.82, 2.24) is 15.5 Å². The van der Waals surface area contributed by atoms with E-state index in [4.69, 9.17) is 11.6 Å². The number of carbonyl (C=O) groups excluding carboxylic acids is 1. The summed E-state index contributed by atoms with van der Waals surface area (Å²) in [5.41, 5.74) is 2.26. The average Bonchev–Trinajstić information content (AvgIpc) is 2.68. The number of hydrogen-bond donors (Lipinski definition) is 2. The molecule has 1 heterocycles. The van der Waals surface area contributed by atoms with Gasteiger partial charge in [-0.15, -0.1) is 10.2 Å². The van der Waals surface area contributed by atoms with Crippen molar-refractivity contribution in [2.75, 3.05) is 5.32 Å². The van der Waals surface area contributed by atoms with E-state index in [-0.39, 0.29) is 17.6 Å². The summed E-state index contributed by atoms with van der Waals surface area (Å²) >= 11 is 6.09. The van der Waals surface area contributed by atoms with Crippen molar-refractivity contribution >= 4 is 23.3 Å². The van der Waals surface area contributed by atoms with E-state index in [0.717, 1.165) is 11.1 Å². The van der Waals surface area contributed by atoms with E-state index in [1.54, 1.807) is 18.2 Å². The minimum absolute atomic E-state index is 0.0883. The van der Waals surface area contributed by atoms with Gasteiger partial charge < -0.3 is 10.6 Å². The fourth-order valence-electron chi connectivity index (χ4n) is 2.49. The molecule has 0 bridgehead atoms. The lowest BCUT2D eigenvalue weighted by atomic mass is 10.1. The lowest BCUT2D eigenvalue weighted by Crippen LogP contribution is -2.24. The average molecular weight is 367 g/mol. The Morgan fingerprint density at radius 2 is 1.73 bits per heavy atom. The largest absolute Gasteiger partial charge is 0.362 e. The van der Waals surface area contributed by atoms with Gasteiger partial charge in [0.25, 0.3) is 5.91 Å². The zero-order chi connectivity index (χ0) is 18.4. The highest BCUT2D eigenvalue weighted by molar-refractivity contribution is 6.31. The highest BCUT2D eigenvalue weighted by Gasteiger charge is 2.10. The number of anilines is 1. The van der Waals surface area contributed by atoms with Gasteiger partial charge in [0.05, 0.1) is 0 Å². The number of rotatable bonds is 6. The summed E-state index contributed by atoms with van der Waals surface area (Å²) < 4.78 is 0. The van der Waals surface area contributed by atoms with Crippen molar-refractivity contribution in [3.8, 4) is 0 Å². The van der Waals surface area contributed by atoms with Crippen LogP contribution in [0.25, 0.3) is 0 Å². The fraction of sp³-hybridized carbons (Fsp3) is 0.150. The quantitative estimate of drug-likeness (QED) is 0.685. The molecule has 1 aromatic heterocycles. The Kier molecular flexibility index (Phi) is 5.81. The third kappa shape index (κ3) is 4.58. The van der Waals surface area contributed by atoms with E-state index in [0.29, 0.717) is 17.4 Å². The van der Waals surface area contributed by atoms with Gasteiger partial charge in [0.15, 0.2) is 5.69 Å². The van der Waals surface area contributed by atoms with Crippen molar-refractivity contribution in [2.24, 2.45) is 0 Å². The maximum atomic E-state index is 12.2. The molecule has 0 saturated heterocycles. The number of hydrogen-bond acceptors (Lipinski definition) is 4. The van der Waals surface area contributed by atoms with Crippen LogP contribution in [0.1, 0.15) is 34.6 Å². The van der Waals surface area contributed by atoms with Gasteiger partial charge in [0.1, 0.15) is 5.82 Å². The molecule has 2 N–H and O–H groups in total. The second kappa shape index (κ2) is 8.45. The molecule has 0 radical (unpaired) electrons. The summed E-state index contributed by atoms with van der Waals surface area (Å²) in [5.74, 6) is 0.323. The first-order chi connectivity index (χ1) is 12.6. The molecule has 0 spiro atoms. The molecule has 3 rings (SSSR count). The Morgan fingerprint density at radius 1 is 1.00 bits per heavy atom. The van der Waals surface area contributed by atoms with Crippen molar-refractivity contribution in [3.63, 3.8) is 0 Å². The Labute approximate surface area is 157 Å². The maximum absolute atomic E-state index is 12.2. The normalized spacial score (nSPS) is 11.6. The van der Waals surface area contributed by atoms with Gasteiger partial charge in [-0.1, -0.05) is 60.1 Å². The molecule has 5 nitrogen and oxygen atoms in total. The molecule has 2 aromatic carbocycles. The molecular weight excluding hydrogens is 348 g/mol. The van der Waals surface area contributed by atoms with E-state index in [1.165, 1.54) is 0 Å². The zero-order valence-electron chi connectivity index (χ0n) is 14.3. The first-order valence-electron chi connectivity index (χ1n) is 8.30. The zero-order valence-corrected chi connectivity index (χ0v) is 15.1. The number of aromatic nitrogens is 2. The first-order valence-corrected chi connectivity index (χ1v) is 8.68. The number of amides is 1. The second-order valence-corrected chi connectivity index (χ2v) is 6.26. The minimum atomic E-state index is -0.292. The predicted octanol–water partition coefficient (Wildman–Crippen LogP) is 4.23. The Morgan fingerprint density at radius 3 is 2.42 bits per heavy atom. The number of halogens is 1. The van der Waals surface area contributed by atoms with Crippen LogP contribution in [0.5, 0.6) is 0 Å². The summed E-state index contributed by atoms with van der Waals surface area (Å²) in [4.78, 5) is 12.2. The van der Waals surface area contributed by atoms with Gasteiger partial charge in [0, 0.05) is 17.6 Å². The number of nitrogens with one attached hydrogen (secondary N) is 2. The van der Waals surface area contributed by atoms with Crippen LogP contribution >= 0.6 is 11.6 Å². The maximum Gasteiger partial charge on any atom is 0.272 e. The Balaban J connectivity index is 1.58. The molecule has 0 aliphatic heterocycles. The van der Waals surface area contributed by atoms with Crippen LogP contribution in [0, 0.1) is 0 Å². The number of carbonyl (C=O) groups is 1. The molecule has 0 aliphatic rings. The van der Waals surface area contributed by atoms with Crippen LogP contribution in [0.3, 0.4) is 0 Å². The van der Waals surface area contributed by atoms with E-state index in [9.17, 15) is 4.79 Å². The molecule has 1 atom stereocenters. The third-order valence-electron chi connectivity index (χ3n) is 3.96. The van der Waals surface area contributed by atoms with E-state index >= 15 is 0 Å². The van der Waals surface area contributed by atoms with Crippen molar-refractivity contribution in [2.45, 2.75) is 19.5 Å². The third-order valence-corrected chi connectivity index (χ3v) is 4.33. The summed E-state index contributed by atoms with van der Waals surface area (Å²) in [5, 5.41) is 14.8. The Bertz CT molecular complexity index is 868. The van der Waals surface area contributed by atoms with Crippen molar-refractivity contribution in [3.05, 3.63) is 88.6 Å². The number of benzene rings is 2. The summed E-state index contributed by atoms with van der Waals surface area (Å²) in [6, 6.07) is 20.9. The van der Waals surface area contributed by atoms with Crippen LogP contribution in [0.2, 0.25) is 5.02 Å². The standard InChI is InChI=1S/C20H19ClN4O/c1-14(15-7-3-2-4-8-15)23-19-12-11-18(24-25-19)20(26)22-13-16-9-5-6-10-17(16)21/h2-12,14H,13H2,1H3,(H,22,26)(H,23,25). The predicted molar refractivity (Wildman–Crippen MR) is 103 cm³/mol. The molecule has 0 aliphatic carbocycles. The van der Waals surface area contributed by atoms with E-state index < -0.39 is 0 Å². The molecule has 1 unspecified atom stereocenters. The number of nitrogens with zero attached hydrogens (tertiary/aromatic N) is 2. The van der Waals surface area contributed by atoms with Crippen LogP contribution in [-0.4, -0.2) is 16.1 Å². The Hall–Kier alpha value is -2.92. The van der Waals surface area contributed by atoms with Gasteiger partial charge in [-0.2, -0.15) is 0 Å². The van der Waals surface area contributed by atoms with Crippen LogP contribution in [0.4, 0.5) is 5.82 Å². The smallest absolute Gasteiger partial charge is 0.272 e.